The Bertz CT molecular complexity index is 1020. The van der Waals surface area contributed by atoms with Gasteiger partial charge >= 0.3 is 5.69 Å². The molecule has 6 nitrogen and oxygen atoms in total. The van der Waals surface area contributed by atoms with E-state index in [4.69, 9.17) is 17.3 Å². The van der Waals surface area contributed by atoms with E-state index in [0.717, 1.165) is 4.57 Å². The summed E-state index contributed by atoms with van der Waals surface area (Å²) in [6.45, 7) is -0.251. The van der Waals surface area contributed by atoms with Gasteiger partial charge in [-0.2, -0.15) is 0 Å². The number of halogens is 1. The van der Waals surface area contributed by atoms with Crippen LogP contribution in [-0.4, -0.2) is 15.0 Å². The van der Waals surface area contributed by atoms with E-state index in [1.165, 1.54) is 15.9 Å². The molecule has 0 fully saturated rings. The van der Waals surface area contributed by atoms with Crippen LogP contribution in [0.3, 0.4) is 0 Å². The molecule has 23 heavy (non-hydrogen) atoms. The van der Waals surface area contributed by atoms with Crippen molar-refractivity contribution < 1.29 is 4.79 Å². The first-order valence-electron chi connectivity index (χ1n) is 6.71. The van der Waals surface area contributed by atoms with E-state index in [2.05, 4.69) is 0 Å². The molecule has 0 unspecified atom stereocenters. The molecule has 118 valence electrons. The molecule has 1 aromatic carbocycles. The Morgan fingerprint density at radius 3 is 2.61 bits per heavy atom. The average Bonchev–Trinajstić information content (AvgIpc) is 2.99. The minimum atomic E-state index is -0.650. The summed E-state index contributed by atoms with van der Waals surface area (Å²) in [5, 5.41) is 2.16. The third-order valence-corrected chi connectivity index (χ3v) is 4.70. The second-order valence-electron chi connectivity index (χ2n) is 4.95. The molecule has 0 aliphatic rings. The van der Waals surface area contributed by atoms with Crippen molar-refractivity contribution in [3.63, 3.8) is 0 Å². The van der Waals surface area contributed by atoms with E-state index in [-0.39, 0.29) is 13.1 Å². The number of nitrogens with two attached hydrogens (primary N) is 1. The molecular weight excluding hydrogens is 338 g/mol. The number of thiophene rings is 1. The van der Waals surface area contributed by atoms with Gasteiger partial charge in [-0.15, -0.1) is 11.3 Å². The minimum Gasteiger partial charge on any atom is -0.368 e. The molecule has 0 saturated heterocycles. The Morgan fingerprint density at radius 2 is 1.91 bits per heavy atom. The summed E-state index contributed by atoms with van der Waals surface area (Å²) in [6, 6.07) is 8.60. The maximum atomic E-state index is 12.6. The molecule has 2 aromatic heterocycles. The lowest BCUT2D eigenvalue weighted by molar-refractivity contribution is -0.118. The Hall–Kier alpha value is -2.38. The molecule has 1 amide bonds. The number of aromatic nitrogens is 2. The number of nitrogens with zero attached hydrogens (tertiary/aromatic N) is 2. The van der Waals surface area contributed by atoms with E-state index in [9.17, 15) is 14.4 Å². The van der Waals surface area contributed by atoms with Crippen LogP contribution >= 0.6 is 22.9 Å². The minimum absolute atomic E-state index is 0.0317. The van der Waals surface area contributed by atoms with Crippen molar-refractivity contribution in [2.75, 3.05) is 0 Å². The highest BCUT2D eigenvalue weighted by Crippen LogP contribution is 2.17. The second kappa shape index (κ2) is 6.02. The number of benzene rings is 1. The fraction of sp³-hybridized carbons (Fsp3) is 0.133. The van der Waals surface area contributed by atoms with Gasteiger partial charge in [0.15, 0.2) is 0 Å². The van der Waals surface area contributed by atoms with Crippen molar-refractivity contribution in [1.29, 1.82) is 0 Å². The predicted molar refractivity (Wildman–Crippen MR) is 90.1 cm³/mol. The average molecular weight is 350 g/mol. The highest BCUT2D eigenvalue weighted by Gasteiger charge is 2.16. The van der Waals surface area contributed by atoms with Gasteiger partial charge in [-0.25, -0.2) is 4.79 Å². The van der Waals surface area contributed by atoms with Gasteiger partial charge in [-0.3, -0.25) is 18.7 Å². The third kappa shape index (κ3) is 2.80. The van der Waals surface area contributed by atoms with E-state index < -0.39 is 17.2 Å². The van der Waals surface area contributed by atoms with Crippen molar-refractivity contribution in [1.82, 2.24) is 9.13 Å². The van der Waals surface area contributed by atoms with Gasteiger partial charge < -0.3 is 5.73 Å². The summed E-state index contributed by atoms with van der Waals surface area (Å²) >= 11 is 7.32. The Labute approximate surface area is 139 Å². The number of rotatable bonds is 4. The summed E-state index contributed by atoms with van der Waals surface area (Å²) in [5.74, 6) is -0.650. The molecule has 0 radical (unpaired) electrons. The molecule has 0 spiro atoms. The summed E-state index contributed by atoms with van der Waals surface area (Å²) in [7, 11) is 0. The molecule has 0 atom stereocenters. The second-order valence-corrected chi connectivity index (χ2v) is 6.28. The first-order chi connectivity index (χ1) is 11.0. The number of hydrogen-bond acceptors (Lipinski definition) is 4. The molecule has 0 bridgehead atoms. The van der Waals surface area contributed by atoms with Gasteiger partial charge in [-0.1, -0.05) is 29.8 Å². The van der Waals surface area contributed by atoms with Crippen LogP contribution in [0.1, 0.15) is 5.56 Å². The van der Waals surface area contributed by atoms with Gasteiger partial charge in [-0.05, 0) is 23.1 Å². The first-order valence-corrected chi connectivity index (χ1v) is 7.97. The molecule has 0 aliphatic heterocycles. The Morgan fingerprint density at radius 1 is 1.17 bits per heavy atom. The zero-order valence-electron chi connectivity index (χ0n) is 11.9. The topological polar surface area (TPSA) is 87.1 Å². The van der Waals surface area contributed by atoms with Gasteiger partial charge in [0.2, 0.25) is 5.91 Å². The van der Waals surface area contributed by atoms with E-state index in [1.54, 1.807) is 35.7 Å². The monoisotopic (exact) mass is 349 g/mol. The number of carbonyl (C=O) groups excluding carboxylic acids is 1. The van der Waals surface area contributed by atoms with E-state index in [1.807, 2.05) is 0 Å². The highest BCUT2D eigenvalue weighted by atomic mass is 35.5. The molecule has 0 aliphatic carbocycles. The quantitative estimate of drug-likeness (QED) is 0.772. The number of primary amides is 1. The Balaban J connectivity index is 2.24. The summed E-state index contributed by atoms with van der Waals surface area (Å²) in [5.41, 5.74) is 5.29. The summed E-state index contributed by atoms with van der Waals surface area (Å²) in [4.78, 5) is 36.4. The highest BCUT2D eigenvalue weighted by molar-refractivity contribution is 7.17. The van der Waals surface area contributed by atoms with Crippen LogP contribution in [0.4, 0.5) is 0 Å². The van der Waals surface area contributed by atoms with Gasteiger partial charge in [0, 0.05) is 5.02 Å². The maximum Gasteiger partial charge on any atom is 0.332 e. The van der Waals surface area contributed by atoms with Crippen LogP contribution in [0.2, 0.25) is 5.02 Å². The maximum absolute atomic E-state index is 12.6. The van der Waals surface area contributed by atoms with Crippen LogP contribution in [-0.2, 0) is 17.9 Å². The van der Waals surface area contributed by atoms with Crippen LogP contribution in [0.15, 0.2) is 45.3 Å². The summed E-state index contributed by atoms with van der Waals surface area (Å²) in [6.07, 6.45) is 0. The zero-order chi connectivity index (χ0) is 16.6. The smallest absolute Gasteiger partial charge is 0.332 e. The molecule has 2 heterocycles. The lowest BCUT2D eigenvalue weighted by Gasteiger charge is -2.11. The zero-order valence-corrected chi connectivity index (χ0v) is 13.4. The molecule has 2 N–H and O–H groups in total. The van der Waals surface area contributed by atoms with E-state index >= 15 is 0 Å². The largest absolute Gasteiger partial charge is 0.368 e. The summed E-state index contributed by atoms with van der Waals surface area (Å²) < 4.78 is 2.69. The van der Waals surface area contributed by atoms with Crippen molar-refractivity contribution in [3.05, 3.63) is 67.1 Å². The van der Waals surface area contributed by atoms with Gasteiger partial charge in [0.05, 0.1) is 12.1 Å². The number of amides is 1. The lowest BCUT2D eigenvalue weighted by atomic mass is 10.2. The van der Waals surface area contributed by atoms with Crippen LogP contribution in [0.5, 0.6) is 0 Å². The standard InChI is InChI=1S/C15H12ClN3O3S/c16-10-4-2-1-3-9(10)7-19-14(21)13-11(5-6-23-13)18(15(19)22)8-12(17)20/h1-6H,7-8H2,(H2,17,20). The van der Waals surface area contributed by atoms with Crippen molar-refractivity contribution in [3.8, 4) is 0 Å². The normalized spacial score (nSPS) is 11.0. The van der Waals surface area contributed by atoms with Crippen LogP contribution in [0.25, 0.3) is 10.2 Å². The fourth-order valence-electron chi connectivity index (χ4n) is 2.38. The third-order valence-electron chi connectivity index (χ3n) is 3.44. The molecular formula is C15H12ClN3O3S. The number of carbonyl (C=O) groups is 1. The fourth-order valence-corrected chi connectivity index (χ4v) is 3.42. The first kappa shape index (κ1) is 15.5. The van der Waals surface area contributed by atoms with Crippen molar-refractivity contribution in [2.45, 2.75) is 13.1 Å². The lowest BCUT2D eigenvalue weighted by Crippen LogP contribution is -2.41. The molecule has 0 saturated carbocycles. The van der Waals surface area contributed by atoms with Crippen LogP contribution in [0, 0.1) is 0 Å². The van der Waals surface area contributed by atoms with Crippen molar-refractivity contribution in [2.24, 2.45) is 5.73 Å². The van der Waals surface area contributed by atoms with E-state index in [0.29, 0.717) is 20.8 Å². The Kier molecular flexibility index (Phi) is 4.06. The number of hydrogen-bond donors (Lipinski definition) is 1. The molecule has 3 rings (SSSR count). The number of fused-ring (bicyclic) bond motifs is 1. The van der Waals surface area contributed by atoms with Crippen molar-refractivity contribution >= 4 is 39.1 Å². The van der Waals surface area contributed by atoms with Crippen LogP contribution < -0.4 is 17.0 Å². The van der Waals surface area contributed by atoms with Gasteiger partial charge in [0.1, 0.15) is 11.2 Å². The molecule has 3 aromatic rings. The molecule has 8 heteroatoms. The SMILES string of the molecule is NC(=O)Cn1c(=O)n(Cc2ccccc2Cl)c(=O)c2sccc21. The predicted octanol–water partition coefficient (Wildman–Crippen LogP) is 1.41. The van der Waals surface area contributed by atoms with Gasteiger partial charge in [0.25, 0.3) is 5.56 Å².